The molecule has 0 unspecified atom stereocenters. The molecule has 5 rings (SSSR count). The highest BCUT2D eigenvalue weighted by molar-refractivity contribution is 6.14. The Bertz CT molecular complexity index is 1630. The summed E-state index contributed by atoms with van der Waals surface area (Å²) in [7, 11) is 0. The zero-order valence-electron chi connectivity index (χ0n) is 21.9. The smallest absolute Gasteiger partial charge is 0.343 e. The first-order valence-corrected chi connectivity index (χ1v) is 13.1. The monoisotopic (exact) mass is 502 g/mol. The molecule has 5 aromatic rings. The van der Waals surface area contributed by atoms with Crippen LogP contribution in [0, 0.1) is 0 Å². The molecule has 0 bridgehead atoms. The molecule has 0 aliphatic rings. The molecule has 0 saturated heterocycles. The van der Waals surface area contributed by atoms with Crippen molar-refractivity contribution in [3.63, 3.8) is 0 Å². The van der Waals surface area contributed by atoms with E-state index in [4.69, 9.17) is 9.47 Å². The summed E-state index contributed by atoms with van der Waals surface area (Å²) in [6.07, 6.45) is 2.51. The zero-order valence-corrected chi connectivity index (χ0v) is 21.9. The average molecular weight is 503 g/mol. The van der Waals surface area contributed by atoms with Gasteiger partial charge in [-0.25, -0.2) is 9.59 Å². The second kappa shape index (κ2) is 10.9. The minimum Gasteiger partial charge on any atom is -0.422 e. The topological polar surface area (TPSA) is 52.6 Å². The second-order valence-corrected chi connectivity index (χ2v) is 9.28. The molecular weight excluding hydrogens is 472 g/mol. The summed E-state index contributed by atoms with van der Waals surface area (Å²) < 4.78 is 12.2. The number of esters is 2. The van der Waals surface area contributed by atoms with Gasteiger partial charge in [0.2, 0.25) is 0 Å². The highest BCUT2D eigenvalue weighted by atomic mass is 16.5. The lowest BCUT2D eigenvalue weighted by Crippen LogP contribution is -2.12. The summed E-state index contributed by atoms with van der Waals surface area (Å²) in [5.74, 6) is 0.0832. The van der Waals surface area contributed by atoms with Crippen molar-refractivity contribution in [1.29, 1.82) is 0 Å². The van der Waals surface area contributed by atoms with E-state index in [0.29, 0.717) is 33.4 Å². The van der Waals surface area contributed by atoms with Crippen LogP contribution in [0.1, 0.15) is 58.2 Å². The van der Waals surface area contributed by atoms with E-state index in [1.165, 1.54) is 0 Å². The molecule has 0 atom stereocenters. The number of hydrogen-bond acceptors (Lipinski definition) is 4. The van der Waals surface area contributed by atoms with E-state index in [9.17, 15) is 9.59 Å². The second-order valence-electron chi connectivity index (χ2n) is 9.28. The number of aryl methyl sites for hydroxylation is 3. The van der Waals surface area contributed by atoms with Crippen molar-refractivity contribution in [3.8, 4) is 11.5 Å². The van der Waals surface area contributed by atoms with Gasteiger partial charge in [-0.1, -0.05) is 87.5 Å². The van der Waals surface area contributed by atoms with E-state index in [0.717, 1.165) is 46.7 Å². The van der Waals surface area contributed by atoms with Crippen molar-refractivity contribution in [2.75, 3.05) is 0 Å². The number of carbonyl (C=O) groups excluding carboxylic acids is 2. The molecule has 0 aromatic heterocycles. The van der Waals surface area contributed by atoms with Gasteiger partial charge in [-0.3, -0.25) is 0 Å². The van der Waals surface area contributed by atoms with Crippen molar-refractivity contribution in [2.45, 2.75) is 40.0 Å². The molecule has 4 nitrogen and oxygen atoms in total. The fraction of sp³-hybridized carbons (Fsp3) is 0.176. The van der Waals surface area contributed by atoms with Crippen molar-refractivity contribution < 1.29 is 19.1 Å². The summed E-state index contributed by atoms with van der Waals surface area (Å²) in [5.41, 5.74) is 4.28. The lowest BCUT2D eigenvalue weighted by molar-refractivity contribution is 0.0726. The summed E-state index contributed by atoms with van der Waals surface area (Å²) in [4.78, 5) is 26.5. The predicted molar refractivity (Wildman–Crippen MR) is 152 cm³/mol. The summed E-state index contributed by atoms with van der Waals surface area (Å²) in [6.45, 7) is 6.21. The van der Waals surface area contributed by atoms with Crippen LogP contribution in [0.25, 0.3) is 21.5 Å². The Morgan fingerprint density at radius 1 is 0.526 bits per heavy atom. The quantitative estimate of drug-likeness (QED) is 0.128. The highest BCUT2D eigenvalue weighted by Gasteiger charge is 2.22. The molecule has 4 heteroatoms. The predicted octanol–water partition coefficient (Wildman–Crippen LogP) is 8.12. The number of ether oxygens (including phenoxy) is 2. The molecule has 0 aliphatic carbocycles. The van der Waals surface area contributed by atoms with Crippen LogP contribution in [0.2, 0.25) is 0 Å². The molecule has 38 heavy (non-hydrogen) atoms. The molecule has 0 amide bonds. The van der Waals surface area contributed by atoms with E-state index in [2.05, 4.69) is 20.8 Å². The Hall–Kier alpha value is -4.44. The number of benzene rings is 5. The van der Waals surface area contributed by atoms with Gasteiger partial charge >= 0.3 is 11.9 Å². The van der Waals surface area contributed by atoms with Gasteiger partial charge < -0.3 is 9.47 Å². The van der Waals surface area contributed by atoms with Crippen molar-refractivity contribution >= 4 is 33.5 Å². The Morgan fingerprint density at radius 2 is 1.00 bits per heavy atom. The summed E-state index contributed by atoms with van der Waals surface area (Å²) >= 11 is 0. The van der Waals surface area contributed by atoms with Gasteiger partial charge in [0.15, 0.2) is 0 Å². The highest BCUT2D eigenvalue weighted by Crippen LogP contribution is 2.44. The van der Waals surface area contributed by atoms with Gasteiger partial charge in [0.05, 0.1) is 11.1 Å². The van der Waals surface area contributed by atoms with Crippen molar-refractivity contribution in [3.05, 3.63) is 119 Å². The maximum Gasteiger partial charge on any atom is 0.343 e. The SMILES string of the molecule is CCc1ccc(C(=O)Oc2c3ccccc3c(OC(=O)c3ccc(CC)cc3)c3c(CC)cccc23)cc1. The molecule has 0 aliphatic heterocycles. The van der Waals surface area contributed by atoms with Crippen LogP contribution >= 0.6 is 0 Å². The minimum absolute atomic E-state index is 0.425. The lowest BCUT2D eigenvalue weighted by atomic mass is 9.95. The third-order valence-corrected chi connectivity index (χ3v) is 7.00. The molecule has 0 radical (unpaired) electrons. The van der Waals surface area contributed by atoms with Gasteiger partial charge in [-0.2, -0.15) is 0 Å². The maximum atomic E-state index is 13.3. The van der Waals surface area contributed by atoms with Gasteiger partial charge in [0.1, 0.15) is 11.5 Å². The first-order chi connectivity index (χ1) is 18.5. The molecule has 0 N–H and O–H groups in total. The maximum absolute atomic E-state index is 13.3. The van der Waals surface area contributed by atoms with E-state index in [1.807, 2.05) is 66.7 Å². The Balaban J connectivity index is 1.65. The summed E-state index contributed by atoms with van der Waals surface area (Å²) in [5, 5.41) is 2.92. The van der Waals surface area contributed by atoms with Crippen molar-refractivity contribution in [2.24, 2.45) is 0 Å². The molecule has 190 valence electrons. The fourth-order valence-corrected chi connectivity index (χ4v) is 4.78. The van der Waals surface area contributed by atoms with Crippen LogP contribution in [-0.4, -0.2) is 11.9 Å². The van der Waals surface area contributed by atoms with Gasteiger partial charge in [0, 0.05) is 21.5 Å². The van der Waals surface area contributed by atoms with Gasteiger partial charge in [-0.05, 0) is 60.2 Å². The van der Waals surface area contributed by atoms with Crippen LogP contribution in [-0.2, 0) is 19.3 Å². The normalized spacial score (nSPS) is 11.0. The molecule has 0 spiro atoms. The average Bonchev–Trinajstić information content (AvgIpc) is 2.98. The number of hydrogen-bond donors (Lipinski definition) is 0. The summed E-state index contributed by atoms with van der Waals surface area (Å²) in [6, 6.07) is 28.4. The largest absolute Gasteiger partial charge is 0.422 e. The number of rotatable bonds is 7. The minimum atomic E-state index is -0.429. The van der Waals surface area contributed by atoms with Crippen LogP contribution in [0.5, 0.6) is 11.5 Å². The van der Waals surface area contributed by atoms with Crippen LogP contribution < -0.4 is 9.47 Å². The molecule has 5 aromatic carbocycles. The fourth-order valence-electron chi connectivity index (χ4n) is 4.78. The van der Waals surface area contributed by atoms with Gasteiger partial charge in [0.25, 0.3) is 0 Å². The molecule has 0 heterocycles. The number of fused-ring (bicyclic) bond motifs is 2. The Labute approximate surface area is 222 Å². The van der Waals surface area contributed by atoms with Crippen LogP contribution in [0.3, 0.4) is 0 Å². The van der Waals surface area contributed by atoms with Crippen LogP contribution in [0.4, 0.5) is 0 Å². The van der Waals surface area contributed by atoms with E-state index < -0.39 is 11.9 Å². The molecule has 0 saturated carbocycles. The van der Waals surface area contributed by atoms with E-state index >= 15 is 0 Å². The first kappa shape index (κ1) is 25.2. The molecular formula is C34H30O4. The van der Waals surface area contributed by atoms with E-state index in [1.54, 1.807) is 24.3 Å². The molecule has 0 fully saturated rings. The third kappa shape index (κ3) is 4.78. The van der Waals surface area contributed by atoms with Crippen molar-refractivity contribution in [1.82, 2.24) is 0 Å². The Morgan fingerprint density at radius 3 is 1.50 bits per heavy atom. The van der Waals surface area contributed by atoms with Crippen LogP contribution in [0.15, 0.2) is 91.0 Å². The lowest BCUT2D eigenvalue weighted by Gasteiger charge is -2.18. The Kier molecular flexibility index (Phi) is 7.23. The number of carbonyl (C=O) groups is 2. The van der Waals surface area contributed by atoms with Gasteiger partial charge in [-0.15, -0.1) is 0 Å². The third-order valence-electron chi connectivity index (χ3n) is 7.00. The first-order valence-electron chi connectivity index (χ1n) is 13.1. The standard InChI is InChI=1S/C34H30O4/c1-4-22-14-18-25(19-15-22)33(35)37-31-27-11-7-8-12-28(27)32(30-24(6-3)10-9-13-29(30)31)38-34(36)26-20-16-23(5-2)17-21-26/h7-21H,4-6H2,1-3H3. The zero-order chi connectivity index (χ0) is 26.6. The van der Waals surface area contributed by atoms with E-state index in [-0.39, 0.29) is 0 Å².